The zero-order chi connectivity index (χ0) is 11.1. The molecule has 0 rings (SSSR count). The molecular weight excluding hydrogens is 293 g/mol. The molecule has 78 valence electrons. The predicted molar refractivity (Wildman–Crippen MR) is 34.6 cm³/mol. The Kier molecular flexibility index (Phi) is 3.31. The highest BCUT2D eigenvalue weighted by Crippen LogP contribution is 2.49. The molecule has 0 N–H and O–H groups in total. The fourth-order valence-electron chi connectivity index (χ4n) is 0.384. The van der Waals surface area contributed by atoms with Crippen LogP contribution in [0.5, 0.6) is 0 Å². The summed E-state index contributed by atoms with van der Waals surface area (Å²) in [5, 5.41) is 0. The zero-order valence-corrected chi connectivity index (χ0v) is 7.77. The van der Waals surface area contributed by atoms with Crippen molar-refractivity contribution in [1.29, 1.82) is 0 Å². The van der Waals surface area contributed by atoms with Gasteiger partial charge in [0.15, 0.2) is 0 Å². The van der Waals surface area contributed by atoms with E-state index in [1.54, 1.807) is 15.9 Å². The van der Waals surface area contributed by atoms with Crippen LogP contribution in [0.1, 0.15) is 0 Å². The molecule has 0 aliphatic rings. The number of alkyl halides is 7. The molecule has 9 heteroatoms. The largest absolute Gasteiger partial charge is 0.424 e. The first-order chi connectivity index (χ1) is 5.44. The van der Waals surface area contributed by atoms with E-state index in [4.69, 9.17) is 0 Å². The van der Waals surface area contributed by atoms with Crippen molar-refractivity contribution in [3.8, 4) is 0 Å². The van der Waals surface area contributed by atoms with Crippen LogP contribution in [0.3, 0.4) is 0 Å². The van der Waals surface area contributed by atoms with Gasteiger partial charge in [0, 0.05) is 0 Å². The van der Waals surface area contributed by atoms with Crippen molar-refractivity contribution in [2.24, 2.45) is 0 Å². The topological polar surface area (TPSA) is 17.1 Å². The fourth-order valence-corrected chi connectivity index (χ4v) is 0.833. The molecule has 0 saturated carbocycles. The third-order valence-corrected chi connectivity index (χ3v) is 2.48. The summed E-state index contributed by atoms with van der Waals surface area (Å²) >= 11 is 5.74. The van der Waals surface area contributed by atoms with Crippen molar-refractivity contribution >= 4 is 32.2 Å². The van der Waals surface area contributed by atoms with E-state index in [-0.39, 0.29) is 0 Å². The van der Waals surface area contributed by atoms with Gasteiger partial charge in [0.25, 0.3) is 0 Å². The van der Waals surface area contributed by atoms with Crippen LogP contribution in [-0.2, 0) is 4.79 Å². The molecule has 0 radical (unpaired) electrons. The predicted octanol–water partition coefficient (Wildman–Crippen LogP) is 3.01. The summed E-state index contributed by atoms with van der Waals surface area (Å²) < 4.78 is 68.1. The average Bonchev–Trinajstić information content (AvgIpc) is 1.80. The van der Waals surface area contributed by atoms with Crippen LogP contribution in [0.25, 0.3) is 0 Å². The average molecular weight is 293 g/mol. The number of hydrogen-bond acceptors (Lipinski definition) is 1. The summed E-state index contributed by atoms with van der Waals surface area (Å²) in [5.41, 5.74) is 0. The van der Waals surface area contributed by atoms with Gasteiger partial charge >= 0.3 is 17.2 Å². The fraction of sp³-hybridized carbons (Fsp3) is 0.750. The molecule has 0 aromatic carbocycles. The molecule has 0 saturated heterocycles. The SMILES string of the molecule is O=C(Br)C(Cl)(C(F)(F)F)C(F)(F)F. The van der Waals surface area contributed by atoms with Crippen molar-refractivity contribution in [2.75, 3.05) is 0 Å². The molecule has 0 aliphatic carbocycles. The van der Waals surface area contributed by atoms with Crippen LogP contribution in [0, 0.1) is 0 Å². The molecule has 13 heavy (non-hydrogen) atoms. The van der Waals surface area contributed by atoms with Gasteiger partial charge in [0.2, 0.25) is 4.69 Å². The molecule has 0 aliphatic heterocycles. The van der Waals surface area contributed by atoms with Crippen LogP contribution in [0.2, 0.25) is 0 Å². The number of carbonyl (C=O) groups is 1. The Labute approximate surface area is 81.2 Å². The molecular formula is C4BrClF6O. The molecule has 0 fully saturated rings. The van der Waals surface area contributed by atoms with E-state index < -0.39 is 21.9 Å². The van der Waals surface area contributed by atoms with Crippen molar-refractivity contribution in [3.63, 3.8) is 0 Å². The van der Waals surface area contributed by atoms with E-state index in [2.05, 4.69) is 11.6 Å². The zero-order valence-electron chi connectivity index (χ0n) is 5.43. The Morgan fingerprint density at radius 3 is 1.23 bits per heavy atom. The number of rotatable bonds is 1. The molecule has 0 aromatic heterocycles. The van der Waals surface area contributed by atoms with Crippen molar-refractivity contribution < 1.29 is 31.1 Å². The van der Waals surface area contributed by atoms with E-state index in [9.17, 15) is 31.1 Å². The Morgan fingerprint density at radius 2 is 1.23 bits per heavy atom. The maximum atomic E-state index is 11.7. The van der Waals surface area contributed by atoms with Gasteiger partial charge in [0.1, 0.15) is 0 Å². The second-order valence-electron chi connectivity index (χ2n) is 1.93. The van der Waals surface area contributed by atoms with Gasteiger partial charge in [0.05, 0.1) is 0 Å². The van der Waals surface area contributed by atoms with Gasteiger partial charge in [-0.05, 0) is 15.9 Å². The molecule has 0 spiro atoms. The van der Waals surface area contributed by atoms with Gasteiger partial charge < -0.3 is 0 Å². The molecule has 0 heterocycles. The smallest absolute Gasteiger partial charge is 0.284 e. The molecule has 0 aromatic rings. The maximum Gasteiger partial charge on any atom is 0.424 e. The normalized spacial score (nSPS) is 14.5. The van der Waals surface area contributed by atoms with E-state index >= 15 is 0 Å². The summed E-state index contributed by atoms with van der Waals surface area (Å²) in [4.78, 5) is 5.23. The van der Waals surface area contributed by atoms with Crippen molar-refractivity contribution in [3.05, 3.63) is 0 Å². The van der Waals surface area contributed by atoms with Crippen LogP contribution in [0.4, 0.5) is 26.3 Å². The van der Waals surface area contributed by atoms with E-state index in [1.165, 1.54) is 0 Å². The molecule has 1 nitrogen and oxygen atoms in total. The molecule has 0 unspecified atom stereocenters. The monoisotopic (exact) mass is 292 g/mol. The minimum absolute atomic E-state index is 1.56. The summed E-state index contributed by atoms with van der Waals surface area (Å²) in [5.74, 6) is 0. The molecule has 0 bridgehead atoms. The second-order valence-corrected chi connectivity index (χ2v) is 3.21. The highest BCUT2D eigenvalue weighted by Gasteiger charge is 2.74. The van der Waals surface area contributed by atoms with Crippen molar-refractivity contribution in [2.45, 2.75) is 17.2 Å². The lowest BCUT2D eigenvalue weighted by molar-refractivity contribution is -0.256. The Hall–Kier alpha value is 0.0200. The van der Waals surface area contributed by atoms with Gasteiger partial charge in [-0.2, -0.15) is 26.3 Å². The standard InChI is InChI=1S/C4BrClF6O/c5-1(13)2(6,3(7,8)9)4(10,11)12. The third-order valence-electron chi connectivity index (χ3n) is 1.05. The third kappa shape index (κ3) is 2.09. The Bertz CT molecular complexity index is 206. The van der Waals surface area contributed by atoms with Gasteiger partial charge in [-0.15, -0.1) is 0 Å². The summed E-state index contributed by atoms with van der Waals surface area (Å²) in [7, 11) is 0. The lowest BCUT2D eigenvalue weighted by Gasteiger charge is -2.27. The number of hydrogen-bond donors (Lipinski definition) is 0. The minimum atomic E-state index is -5.90. The quantitative estimate of drug-likeness (QED) is 0.413. The summed E-state index contributed by atoms with van der Waals surface area (Å²) in [6.45, 7) is 0. The van der Waals surface area contributed by atoms with Gasteiger partial charge in [-0.25, -0.2) is 0 Å². The number of carbonyl (C=O) groups excluding carboxylic acids is 1. The first-order valence-corrected chi connectivity index (χ1v) is 3.64. The first kappa shape index (κ1) is 13.0. The maximum absolute atomic E-state index is 11.7. The van der Waals surface area contributed by atoms with Crippen LogP contribution in [-0.4, -0.2) is 21.9 Å². The highest BCUT2D eigenvalue weighted by molar-refractivity contribution is 9.18. The van der Waals surface area contributed by atoms with E-state index in [1.807, 2.05) is 0 Å². The van der Waals surface area contributed by atoms with Crippen LogP contribution < -0.4 is 0 Å². The Balaban J connectivity index is 5.35. The molecule has 0 atom stereocenters. The highest BCUT2D eigenvalue weighted by atomic mass is 79.9. The Morgan fingerprint density at radius 1 is 1.00 bits per heavy atom. The lowest BCUT2D eigenvalue weighted by Crippen LogP contribution is -2.56. The number of halogens is 8. The second kappa shape index (κ2) is 3.30. The van der Waals surface area contributed by atoms with Crippen LogP contribution in [0.15, 0.2) is 0 Å². The lowest BCUT2D eigenvalue weighted by atomic mass is 10.1. The minimum Gasteiger partial charge on any atom is -0.284 e. The van der Waals surface area contributed by atoms with Gasteiger partial charge in [-0.1, -0.05) is 11.6 Å². The summed E-state index contributed by atoms with van der Waals surface area (Å²) in [6.07, 6.45) is -11.8. The van der Waals surface area contributed by atoms with Crippen LogP contribution >= 0.6 is 27.5 Å². The van der Waals surface area contributed by atoms with Crippen molar-refractivity contribution in [1.82, 2.24) is 0 Å². The van der Waals surface area contributed by atoms with E-state index in [0.717, 1.165) is 0 Å². The molecule has 0 amide bonds. The van der Waals surface area contributed by atoms with E-state index in [0.29, 0.717) is 0 Å². The van der Waals surface area contributed by atoms with Gasteiger partial charge in [-0.3, -0.25) is 4.79 Å². The summed E-state index contributed by atoms with van der Waals surface area (Å²) in [6, 6.07) is 0. The first-order valence-electron chi connectivity index (χ1n) is 2.47.